The number of likely N-dealkylation sites (tertiary alicyclic amines) is 1. The summed E-state index contributed by atoms with van der Waals surface area (Å²) in [6.07, 6.45) is 7.05. The third-order valence-corrected chi connectivity index (χ3v) is 7.22. The van der Waals surface area contributed by atoms with Crippen LogP contribution in [0.1, 0.15) is 56.9 Å². The normalized spacial score (nSPS) is 33.9. The Balaban J connectivity index is 1.65. The molecule has 1 aliphatic heterocycles. The lowest BCUT2D eigenvalue weighted by Crippen LogP contribution is -2.73. The lowest BCUT2D eigenvalue weighted by molar-refractivity contribution is -0.235. The first-order chi connectivity index (χ1) is 13.0. The number of carbonyl (C=O) groups excluding carboxylic acids is 1. The highest BCUT2D eigenvalue weighted by molar-refractivity contribution is 5.80. The van der Waals surface area contributed by atoms with Crippen molar-refractivity contribution in [2.75, 3.05) is 13.7 Å². The first-order valence-corrected chi connectivity index (χ1v) is 10.3. The number of aliphatic hydroxyl groups is 2. The van der Waals surface area contributed by atoms with Gasteiger partial charge in [0, 0.05) is 12.5 Å². The van der Waals surface area contributed by atoms with E-state index in [4.69, 9.17) is 4.74 Å². The Labute approximate surface area is 161 Å². The molecule has 3 atom stereocenters. The van der Waals surface area contributed by atoms with Gasteiger partial charge in [0.25, 0.3) is 0 Å². The van der Waals surface area contributed by atoms with Crippen LogP contribution in [0.25, 0.3) is 0 Å². The number of nitrogens with zero attached hydrogens (tertiary/aromatic N) is 1. The van der Waals surface area contributed by atoms with E-state index in [-0.39, 0.29) is 17.9 Å². The van der Waals surface area contributed by atoms with Gasteiger partial charge in [-0.2, -0.15) is 0 Å². The molecule has 27 heavy (non-hydrogen) atoms. The van der Waals surface area contributed by atoms with Crippen molar-refractivity contribution in [3.63, 3.8) is 0 Å². The van der Waals surface area contributed by atoms with Gasteiger partial charge in [-0.15, -0.1) is 0 Å². The molecule has 3 fully saturated rings. The molecule has 2 saturated carbocycles. The highest BCUT2D eigenvalue weighted by Gasteiger charge is 2.60. The minimum atomic E-state index is -1.23. The summed E-state index contributed by atoms with van der Waals surface area (Å²) in [7, 11) is 1.64. The monoisotopic (exact) mass is 373 g/mol. The number of hydrogen-bond acceptors (Lipinski definition) is 4. The molecular weight excluding hydrogens is 342 g/mol. The number of piperidine rings is 1. The van der Waals surface area contributed by atoms with Crippen LogP contribution >= 0.6 is 0 Å². The van der Waals surface area contributed by atoms with Gasteiger partial charge < -0.3 is 19.8 Å². The molecular formula is C22H31NO4. The molecule has 0 spiro atoms. The SMILES string of the molecule is COc1ccc(C[C@@H]2N(C(=O)C3CCC3)CC[C@@]3(O)CCCC[C@]23O)cc1. The van der Waals surface area contributed by atoms with Crippen LogP contribution in [0.15, 0.2) is 24.3 Å². The maximum absolute atomic E-state index is 13.1. The molecule has 5 nitrogen and oxygen atoms in total. The molecule has 148 valence electrons. The van der Waals surface area contributed by atoms with Crippen LogP contribution in [0.4, 0.5) is 0 Å². The van der Waals surface area contributed by atoms with E-state index < -0.39 is 11.2 Å². The van der Waals surface area contributed by atoms with Crippen molar-refractivity contribution in [2.45, 2.75) is 75.0 Å². The molecule has 0 bridgehead atoms. The summed E-state index contributed by atoms with van der Waals surface area (Å²) in [4.78, 5) is 15.0. The van der Waals surface area contributed by atoms with E-state index in [1.807, 2.05) is 29.2 Å². The Hall–Kier alpha value is -1.59. The van der Waals surface area contributed by atoms with E-state index >= 15 is 0 Å². The van der Waals surface area contributed by atoms with Gasteiger partial charge in [-0.1, -0.05) is 31.4 Å². The first-order valence-electron chi connectivity index (χ1n) is 10.3. The summed E-state index contributed by atoms with van der Waals surface area (Å²) in [6, 6.07) is 7.42. The zero-order valence-corrected chi connectivity index (χ0v) is 16.2. The Morgan fingerprint density at radius 2 is 1.81 bits per heavy atom. The fraction of sp³-hybridized carbons (Fsp3) is 0.682. The van der Waals surface area contributed by atoms with E-state index in [1.54, 1.807) is 7.11 Å². The van der Waals surface area contributed by atoms with Crippen molar-refractivity contribution in [3.8, 4) is 5.75 Å². The van der Waals surface area contributed by atoms with Crippen molar-refractivity contribution in [1.82, 2.24) is 4.90 Å². The molecule has 1 aromatic carbocycles. The van der Waals surface area contributed by atoms with Crippen molar-refractivity contribution >= 4 is 5.91 Å². The predicted octanol–water partition coefficient (Wildman–Crippen LogP) is 2.67. The van der Waals surface area contributed by atoms with Crippen LogP contribution in [0.5, 0.6) is 5.75 Å². The average Bonchev–Trinajstić information content (AvgIpc) is 2.62. The third-order valence-electron chi connectivity index (χ3n) is 7.22. The minimum absolute atomic E-state index is 0.0988. The summed E-state index contributed by atoms with van der Waals surface area (Å²) >= 11 is 0. The van der Waals surface area contributed by atoms with Crippen LogP contribution in [-0.4, -0.2) is 51.9 Å². The van der Waals surface area contributed by atoms with Crippen LogP contribution < -0.4 is 4.74 Å². The molecule has 0 unspecified atom stereocenters. The van der Waals surface area contributed by atoms with Crippen molar-refractivity contribution in [3.05, 3.63) is 29.8 Å². The quantitative estimate of drug-likeness (QED) is 0.851. The van der Waals surface area contributed by atoms with Gasteiger partial charge >= 0.3 is 0 Å². The predicted molar refractivity (Wildman–Crippen MR) is 103 cm³/mol. The fourth-order valence-electron chi connectivity index (χ4n) is 5.22. The van der Waals surface area contributed by atoms with Gasteiger partial charge in [0.2, 0.25) is 5.91 Å². The summed E-state index contributed by atoms with van der Waals surface area (Å²) in [5, 5.41) is 23.0. The number of benzene rings is 1. The van der Waals surface area contributed by atoms with E-state index in [1.165, 1.54) is 0 Å². The first kappa shape index (κ1) is 18.8. The number of hydrogen-bond donors (Lipinski definition) is 2. The number of rotatable bonds is 4. The molecule has 5 heteroatoms. The number of fused-ring (bicyclic) bond motifs is 1. The number of carbonyl (C=O) groups is 1. The summed E-state index contributed by atoms with van der Waals surface area (Å²) < 4.78 is 5.24. The van der Waals surface area contributed by atoms with Crippen molar-refractivity contribution < 1.29 is 19.7 Å². The van der Waals surface area contributed by atoms with Gasteiger partial charge in [0.15, 0.2) is 0 Å². The zero-order chi connectivity index (χ0) is 19.1. The van der Waals surface area contributed by atoms with Crippen LogP contribution in [0, 0.1) is 5.92 Å². The standard InChI is InChI=1S/C22H31NO4/c1-27-18-9-7-16(8-10-18)15-19-22(26)12-3-2-11-21(22,25)13-14-23(19)20(24)17-5-4-6-17/h7-10,17,19,25-26H,2-6,11-15H2,1H3/t19-,21-,22-/m0/s1. The second-order valence-electron chi connectivity index (χ2n) is 8.64. The number of ether oxygens (including phenoxy) is 1. The minimum Gasteiger partial charge on any atom is -0.497 e. The molecule has 0 aromatic heterocycles. The Kier molecular flexibility index (Phi) is 4.93. The largest absolute Gasteiger partial charge is 0.497 e. The van der Waals surface area contributed by atoms with Gasteiger partial charge in [0.1, 0.15) is 11.4 Å². The average molecular weight is 373 g/mol. The zero-order valence-electron chi connectivity index (χ0n) is 16.2. The molecule has 1 heterocycles. The molecule has 2 N–H and O–H groups in total. The summed E-state index contributed by atoms with van der Waals surface area (Å²) in [5.74, 6) is 1.06. The van der Waals surface area contributed by atoms with E-state index in [0.29, 0.717) is 32.2 Å². The van der Waals surface area contributed by atoms with Gasteiger partial charge in [-0.05, 0) is 56.2 Å². The highest BCUT2D eigenvalue weighted by atomic mass is 16.5. The molecule has 1 amide bonds. The number of methoxy groups -OCH3 is 1. The van der Waals surface area contributed by atoms with Crippen molar-refractivity contribution in [2.24, 2.45) is 5.92 Å². The third kappa shape index (κ3) is 3.15. The lowest BCUT2D eigenvalue weighted by Gasteiger charge is -2.58. The van der Waals surface area contributed by atoms with Crippen LogP contribution in [-0.2, 0) is 11.2 Å². The fourth-order valence-corrected chi connectivity index (χ4v) is 5.22. The van der Waals surface area contributed by atoms with Gasteiger partial charge in [-0.25, -0.2) is 0 Å². The van der Waals surface area contributed by atoms with Gasteiger partial charge in [0.05, 0.1) is 18.8 Å². The second-order valence-corrected chi connectivity index (χ2v) is 8.64. The number of amides is 1. The van der Waals surface area contributed by atoms with E-state index in [0.717, 1.165) is 43.4 Å². The maximum Gasteiger partial charge on any atom is 0.226 e. The summed E-state index contributed by atoms with van der Waals surface area (Å²) in [6.45, 7) is 0.537. The van der Waals surface area contributed by atoms with E-state index in [9.17, 15) is 15.0 Å². The Morgan fingerprint density at radius 3 is 2.44 bits per heavy atom. The molecule has 4 rings (SSSR count). The van der Waals surface area contributed by atoms with Crippen molar-refractivity contribution in [1.29, 1.82) is 0 Å². The lowest BCUT2D eigenvalue weighted by atomic mass is 9.62. The Bertz CT molecular complexity index is 686. The molecule has 2 aliphatic carbocycles. The Morgan fingerprint density at radius 1 is 1.11 bits per heavy atom. The van der Waals surface area contributed by atoms with Crippen LogP contribution in [0.2, 0.25) is 0 Å². The van der Waals surface area contributed by atoms with Crippen LogP contribution in [0.3, 0.4) is 0 Å². The molecule has 1 saturated heterocycles. The highest BCUT2D eigenvalue weighted by Crippen LogP contribution is 2.48. The maximum atomic E-state index is 13.1. The topological polar surface area (TPSA) is 70.0 Å². The van der Waals surface area contributed by atoms with Gasteiger partial charge in [-0.3, -0.25) is 4.79 Å². The molecule has 0 radical (unpaired) electrons. The smallest absolute Gasteiger partial charge is 0.226 e. The molecule has 3 aliphatic rings. The summed E-state index contributed by atoms with van der Waals surface area (Å²) in [5.41, 5.74) is -1.27. The second kappa shape index (κ2) is 7.10. The molecule has 1 aromatic rings. The van der Waals surface area contributed by atoms with E-state index in [2.05, 4.69) is 0 Å².